The van der Waals surface area contributed by atoms with E-state index in [-0.39, 0.29) is 0 Å². The van der Waals surface area contributed by atoms with Gasteiger partial charge in [0.2, 0.25) is 5.88 Å². The summed E-state index contributed by atoms with van der Waals surface area (Å²) < 4.78 is 7.78. The lowest BCUT2D eigenvalue weighted by Gasteiger charge is -2.09. The minimum Gasteiger partial charge on any atom is -0.439 e. The number of hydrogen-bond acceptors (Lipinski definition) is 4. The first-order valence-electron chi connectivity index (χ1n) is 6.94. The van der Waals surface area contributed by atoms with E-state index in [0.29, 0.717) is 6.54 Å². The number of nitrogens with two attached hydrogens (primary N) is 1. The van der Waals surface area contributed by atoms with Crippen molar-refractivity contribution < 1.29 is 4.74 Å². The van der Waals surface area contributed by atoms with Gasteiger partial charge in [-0.3, -0.25) is 4.98 Å². The van der Waals surface area contributed by atoms with E-state index in [4.69, 9.17) is 10.5 Å². The second-order valence-electron chi connectivity index (χ2n) is 4.99. The van der Waals surface area contributed by atoms with Crippen LogP contribution in [0.1, 0.15) is 11.3 Å². The highest BCUT2D eigenvalue weighted by Crippen LogP contribution is 2.29. The molecular weight excluding hydrogens is 264 g/mol. The average Bonchev–Trinajstić information content (AvgIpc) is 2.75. The predicted molar refractivity (Wildman–Crippen MR) is 82.5 cm³/mol. The van der Waals surface area contributed by atoms with E-state index in [0.717, 1.165) is 40.2 Å². The molecule has 0 radical (unpaired) electrons. The van der Waals surface area contributed by atoms with Crippen molar-refractivity contribution >= 4 is 10.9 Å². The Balaban J connectivity index is 1.98. The average molecular weight is 282 g/mol. The van der Waals surface area contributed by atoms with E-state index in [2.05, 4.69) is 10.1 Å². The van der Waals surface area contributed by atoms with Gasteiger partial charge in [-0.05, 0) is 38.1 Å². The molecule has 0 unspecified atom stereocenters. The van der Waals surface area contributed by atoms with Crippen molar-refractivity contribution in [1.29, 1.82) is 0 Å². The van der Waals surface area contributed by atoms with E-state index >= 15 is 0 Å². The van der Waals surface area contributed by atoms with Crippen LogP contribution < -0.4 is 10.5 Å². The molecule has 0 aliphatic rings. The van der Waals surface area contributed by atoms with Crippen molar-refractivity contribution in [1.82, 2.24) is 14.8 Å². The molecule has 3 rings (SSSR count). The molecule has 0 fully saturated rings. The lowest BCUT2D eigenvalue weighted by atomic mass is 10.2. The molecule has 2 heterocycles. The van der Waals surface area contributed by atoms with Gasteiger partial charge in [0.1, 0.15) is 5.75 Å². The summed E-state index contributed by atoms with van der Waals surface area (Å²) in [6.45, 7) is 2.54. The summed E-state index contributed by atoms with van der Waals surface area (Å²) in [4.78, 5) is 4.35. The van der Waals surface area contributed by atoms with Gasteiger partial charge < -0.3 is 10.5 Å². The smallest absolute Gasteiger partial charge is 0.221 e. The Morgan fingerprint density at radius 2 is 2.14 bits per heavy atom. The van der Waals surface area contributed by atoms with Crippen LogP contribution in [0.2, 0.25) is 0 Å². The third-order valence-corrected chi connectivity index (χ3v) is 3.48. The van der Waals surface area contributed by atoms with Gasteiger partial charge in [0.05, 0.1) is 11.2 Å². The number of benzene rings is 1. The van der Waals surface area contributed by atoms with Crippen LogP contribution >= 0.6 is 0 Å². The van der Waals surface area contributed by atoms with E-state index in [1.165, 1.54) is 0 Å². The normalized spacial score (nSPS) is 11.0. The molecule has 0 bridgehead atoms. The number of aryl methyl sites for hydroxylation is 2. The van der Waals surface area contributed by atoms with E-state index in [1.54, 1.807) is 10.9 Å². The highest BCUT2D eigenvalue weighted by atomic mass is 16.5. The molecule has 5 heteroatoms. The zero-order valence-electron chi connectivity index (χ0n) is 12.2. The molecule has 5 nitrogen and oxygen atoms in total. The summed E-state index contributed by atoms with van der Waals surface area (Å²) in [7, 11) is 1.88. The summed E-state index contributed by atoms with van der Waals surface area (Å²) in [6, 6.07) is 9.83. The Bertz CT molecular complexity index is 779. The number of pyridine rings is 1. The number of ether oxygens (including phenoxy) is 1. The van der Waals surface area contributed by atoms with Gasteiger partial charge >= 0.3 is 0 Å². The van der Waals surface area contributed by atoms with Gasteiger partial charge in [0.25, 0.3) is 0 Å². The first-order valence-corrected chi connectivity index (χ1v) is 6.94. The molecule has 108 valence electrons. The molecule has 0 saturated heterocycles. The van der Waals surface area contributed by atoms with Crippen LogP contribution in [0.25, 0.3) is 10.9 Å². The number of rotatable bonds is 4. The second kappa shape index (κ2) is 5.54. The molecule has 3 aromatic rings. The Morgan fingerprint density at radius 1 is 1.29 bits per heavy atom. The van der Waals surface area contributed by atoms with Gasteiger partial charge in [0.15, 0.2) is 0 Å². The van der Waals surface area contributed by atoms with Gasteiger partial charge in [0, 0.05) is 30.3 Å². The summed E-state index contributed by atoms with van der Waals surface area (Å²) in [5.41, 5.74) is 8.60. The maximum Gasteiger partial charge on any atom is 0.221 e. The zero-order chi connectivity index (χ0) is 14.8. The minimum absolute atomic E-state index is 0.572. The van der Waals surface area contributed by atoms with Crippen LogP contribution in [0, 0.1) is 6.92 Å². The summed E-state index contributed by atoms with van der Waals surface area (Å²) in [5.74, 6) is 1.50. The molecular formula is C16H18N4O. The van der Waals surface area contributed by atoms with E-state index in [1.807, 2.05) is 44.3 Å². The molecule has 1 aromatic carbocycles. The van der Waals surface area contributed by atoms with E-state index < -0.39 is 0 Å². The van der Waals surface area contributed by atoms with Gasteiger partial charge in [-0.15, -0.1) is 0 Å². The highest BCUT2D eigenvalue weighted by Gasteiger charge is 2.15. The molecule has 2 N–H and O–H groups in total. The van der Waals surface area contributed by atoms with Crippen LogP contribution in [0.5, 0.6) is 11.6 Å². The lowest BCUT2D eigenvalue weighted by Crippen LogP contribution is -2.05. The van der Waals surface area contributed by atoms with Crippen molar-refractivity contribution in [3.05, 3.63) is 47.8 Å². The molecule has 0 atom stereocenters. The fourth-order valence-electron chi connectivity index (χ4n) is 2.46. The maximum absolute atomic E-state index is 6.03. The molecule has 0 saturated carbocycles. The Kier molecular flexibility index (Phi) is 3.58. The predicted octanol–water partition coefficient (Wildman–Crippen LogP) is 2.57. The fraction of sp³-hybridized carbons (Fsp3) is 0.250. The van der Waals surface area contributed by atoms with Crippen molar-refractivity contribution in [2.45, 2.75) is 13.3 Å². The third-order valence-electron chi connectivity index (χ3n) is 3.48. The summed E-state index contributed by atoms with van der Waals surface area (Å²) >= 11 is 0. The van der Waals surface area contributed by atoms with Gasteiger partial charge in [-0.25, -0.2) is 4.68 Å². The molecule has 21 heavy (non-hydrogen) atoms. The Labute approximate surface area is 123 Å². The van der Waals surface area contributed by atoms with Gasteiger partial charge in [-0.1, -0.05) is 6.07 Å². The molecule has 0 amide bonds. The Hall–Kier alpha value is -2.40. The zero-order valence-corrected chi connectivity index (χ0v) is 12.2. The Morgan fingerprint density at radius 3 is 2.95 bits per heavy atom. The first kappa shape index (κ1) is 13.6. The third kappa shape index (κ3) is 2.60. The van der Waals surface area contributed by atoms with Crippen LogP contribution in [0.15, 0.2) is 36.5 Å². The van der Waals surface area contributed by atoms with Crippen LogP contribution in [-0.2, 0) is 13.5 Å². The second-order valence-corrected chi connectivity index (χ2v) is 4.99. The first-order chi connectivity index (χ1) is 10.2. The number of aromatic nitrogens is 3. The molecule has 0 spiro atoms. The monoisotopic (exact) mass is 282 g/mol. The molecule has 2 aromatic heterocycles. The number of nitrogens with zero attached hydrogens (tertiary/aromatic N) is 3. The largest absolute Gasteiger partial charge is 0.439 e. The van der Waals surface area contributed by atoms with Crippen molar-refractivity contribution in [2.75, 3.05) is 6.54 Å². The van der Waals surface area contributed by atoms with Crippen molar-refractivity contribution in [3.8, 4) is 11.6 Å². The lowest BCUT2D eigenvalue weighted by molar-refractivity contribution is 0.426. The fourth-order valence-corrected chi connectivity index (χ4v) is 2.46. The standard InChI is InChI=1S/C16H18N4O/c1-11-14(7-8-17)16(20(2)19-11)21-13-6-5-12-4-3-9-18-15(12)10-13/h3-6,9-10H,7-8,17H2,1-2H3. The minimum atomic E-state index is 0.572. The van der Waals surface area contributed by atoms with E-state index in [9.17, 15) is 0 Å². The molecule has 0 aliphatic heterocycles. The summed E-state index contributed by atoms with van der Waals surface area (Å²) in [6.07, 6.45) is 2.53. The topological polar surface area (TPSA) is 66.0 Å². The highest BCUT2D eigenvalue weighted by molar-refractivity contribution is 5.79. The quantitative estimate of drug-likeness (QED) is 0.798. The van der Waals surface area contributed by atoms with Crippen LogP contribution in [-0.4, -0.2) is 21.3 Å². The SMILES string of the molecule is Cc1nn(C)c(Oc2ccc3cccnc3c2)c1CCN. The number of fused-ring (bicyclic) bond motifs is 1. The van der Waals surface area contributed by atoms with Gasteiger partial charge in [-0.2, -0.15) is 5.10 Å². The van der Waals surface area contributed by atoms with Crippen LogP contribution in [0.3, 0.4) is 0 Å². The number of hydrogen-bond donors (Lipinski definition) is 1. The van der Waals surface area contributed by atoms with Crippen molar-refractivity contribution in [3.63, 3.8) is 0 Å². The van der Waals surface area contributed by atoms with Crippen molar-refractivity contribution in [2.24, 2.45) is 12.8 Å². The summed E-state index contributed by atoms with van der Waals surface area (Å²) in [5, 5.41) is 5.50. The van der Waals surface area contributed by atoms with Crippen LogP contribution in [0.4, 0.5) is 0 Å². The maximum atomic E-state index is 6.03. The molecule has 0 aliphatic carbocycles.